The maximum atomic E-state index is 14.4. The fraction of sp³-hybridized carbons (Fsp3) is 0.233. The molecule has 4 rings (SSSR count). The number of rotatable bonds is 9. The summed E-state index contributed by atoms with van der Waals surface area (Å²) in [5.41, 5.74) is 1.27. The number of thiophene rings is 1. The summed E-state index contributed by atoms with van der Waals surface area (Å²) in [5.74, 6) is -5.07. The highest BCUT2D eigenvalue weighted by Gasteiger charge is 2.47. The Hall–Kier alpha value is -4.57. The molecule has 1 N–H and O–H groups in total. The second kappa shape index (κ2) is 12.1. The van der Waals surface area contributed by atoms with Crippen LogP contribution in [0.4, 0.5) is 0 Å². The van der Waals surface area contributed by atoms with Crippen molar-refractivity contribution in [2.75, 3.05) is 0 Å². The number of carbonyl (C=O) groups is 5. The first-order chi connectivity index (χ1) is 19.1. The summed E-state index contributed by atoms with van der Waals surface area (Å²) < 4.78 is 0. The van der Waals surface area contributed by atoms with Crippen LogP contribution in [0.3, 0.4) is 0 Å². The van der Waals surface area contributed by atoms with E-state index in [1.807, 2.05) is 0 Å². The van der Waals surface area contributed by atoms with Crippen LogP contribution >= 0.6 is 11.3 Å². The number of Topliss-reactive ketones (excluding diaryl/α,β-unsaturated/α-hetero) is 1. The molecule has 0 fully saturated rings. The summed E-state index contributed by atoms with van der Waals surface area (Å²) in [4.78, 5) is 68.1. The molecular formula is C30H29N3O6S. The van der Waals surface area contributed by atoms with E-state index in [4.69, 9.17) is 0 Å². The zero-order chi connectivity index (χ0) is 29.0. The number of hydrogen-bond donors (Lipinski definition) is 1. The monoisotopic (exact) mass is 559 g/mol. The maximum absolute atomic E-state index is 14.4. The van der Waals surface area contributed by atoms with Crippen LogP contribution in [-0.4, -0.2) is 61.6 Å². The van der Waals surface area contributed by atoms with Crippen LogP contribution in [-0.2, 0) is 25.6 Å². The Balaban J connectivity index is 1.93. The largest absolute Gasteiger partial charge is 0.475 e. The van der Waals surface area contributed by atoms with E-state index in [9.17, 15) is 29.1 Å². The summed E-state index contributed by atoms with van der Waals surface area (Å²) in [6.45, 7) is 4.73. The summed E-state index contributed by atoms with van der Waals surface area (Å²) in [6.07, 6.45) is 1.37. The molecule has 0 spiro atoms. The lowest BCUT2D eigenvalue weighted by molar-refractivity contribution is -0.169. The first kappa shape index (κ1) is 28.4. The van der Waals surface area contributed by atoms with Crippen LogP contribution < -0.4 is 0 Å². The van der Waals surface area contributed by atoms with E-state index in [-0.39, 0.29) is 23.9 Å². The lowest BCUT2D eigenvalue weighted by Gasteiger charge is -2.46. The highest BCUT2D eigenvalue weighted by Crippen LogP contribution is 2.34. The number of hydrazine groups is 1. The minimum atomic E-state index is -1.73. The van der Waals surface area contributed by atoms with E-state index >= 15 is 0 Å². The summed E-state index contributed by atoms with van der Waals surface area (Å²) >= 11 is 1.24. The van der Waals surface area contributed by atoms with Crippen LogP contribution in [0.15, 0.2) is 84.4 Å². The van der Waals surface area contributed by atoms with Crippen molar-refractivity contribution in [3.05, 3.63) is 100 Å². The molecule has 0 radical (unpaired) electrons. The molecule has 2 heterocycles. The number of hydrogen-bond acceptors (Lipinski definition) is 6. The molecule has 1 aliphatic rings. The highest BCUT2D eigenvalue weighted by molar-refractivity contribution is 7.12. The van der Waals surface area contributed by atoms with Gasteiger partial charge in [0, 0.05) is 25.1 Å². The van der Waals surface area contributed by atoms with Gasteiger partial charge in [-0.1, -0.05) is 80.6 Å². The van der Waals surface area contributed by atoms with E-state index in [2.05, 4.69) is 0 Å². The normalized spacial score (nSPS) is 15.9. The molecule has 2 aromatic carbocycles. The van der Waals surface area contributed by atoms with Gasteiger partial charge in [0.15, 0.2) is 0 Å². The molecule has 0 bridgehead atoms. The second-order valence-electron chi connectivity index (χ2n) is 9.65. The predicted molar refractivity (Wildman–Crippen MR) is 149 cm³/mol. The van der Waals surface area contributed by atoms with Crippen molar-refractivity contribution >= 4 is 46.5 Å². The zero-order valence-corrected chi connectivity index (χ0v) is 23.1. The summed E-state index contributed by atoms with van der Waals surface area (Å²) in [7, 11) is 0. The Bertz CT molecular complexity index is 1440. The third-order valence-corrected chi connectivity index (χ3v) is 7.40. The molecule has 0 saturated carbocycles. The molecule has 0 saturated heterocycles. The minimum Gasteiger partial charge on any atom is -0.475 e. The number of carbonyl (C=O) groups excluding carboxylic acids is 4. The molecule has 0 aliphatic carbocycles. The standard InChI is InChI=1S/C30H29N3O6S/c1-19(2)26-29(37)33(32(20(3)34)23(27(35)30(38)39)17-21-11-6-4-7-12-21)24(22-13-8-5-9-14-22)18-31(26)28(36)25-15-10-16-40-25/h4-16,18-19,23,26H,17H2,1-3H3,(H,38,39)/t23-,26?/m0/s1. The Morgan fingerprint density at radius 2 is 1.57 bits per heavy atom. The van der Waals surface area contributed by atoms with Gasteiger partial charge in [-0.05, 0) is 22.9 Å². The van der Waals surface area contributed by atoms with Gasteiger partial charge in [0.05, 0.1) is 10.6 Å². The number of ketones is 1. The third-order valence-electron chi connectivity index (χ3n) is 6.54. The molecular weight excluding hydrogens is 530 g/mol. The molecule has 206 valence electrons. The van der Waals surface area contributed by atoms with E-state index in [0.717, 1.165) is 10.0 Å². The van der Waals surface area contributed by atoms with Gasteiger partial charge in [0.2, 0.25) is 5.91 Å². The van der Waals surface area contributed by atoms with Gasteiger partial charge in [-0.25, -0.2) is 14.8 Å². The van der Waals surface area contributed by atoms with Crippen molar-refractivity contribution in [2.45, 2.75) is 39.3 Å². The quantitative estimate of drug-likeness (QED) is 0.395. The number of nitrogens with zero attached hydrogens (tertiary/aromatic N) is 3. The van der Waals surface area contributed by atoms with Crippen LogP contribution in [0.1, 0.15) is 41.6 Å². The predicted octanol–water partition coefficient (Wildman–Crippen LogP) is 4.08. The van der Waals surface area contributed by atoms with Gasteiger partial charge in [0.1, 0.15) is 12.1 Å². The summed E-state index contributed by atoms with van der Waals surface area (Å²) in [6, 6.07) is 18.2. The number of carboxylic acids is 1. The Labute approximate surface area is 235 Å². The van der Waals surface area contributed by atoms with Crippen molar-refractivity contribution in [3.63, 3.8) is 0 Å². The molecule has 1 aliphatic heterocycles. The number of aliphatic carboxylic acids is 1. The SMILES string of the molecule is CC(=O)N([C@@H](Cc1ccccc1)C(=O)C(=O)O)N1C(=O)C(C(C)C)N(C(=O)c2cccs2)C=C1c1ccccc1. The second-order valence-corrected chi connectivity index (χ2v) is 10.6. The molecule has 1 aromatic heterocycles. The van der Waals surface area contributed by atoms with E-state index in [1.165, 1.54) is 29.4 Å². The van der Waals surface area contributed by atoms with E-state index in [0.29, 0.717) is 16.0 Å². The van der Waals surface area contributed by atoms with Crippen molar-refractivity contribution in [3.8, 4) is 0 Å². The summed E-state index contributed by atoms with van der Waals surface area (Å²) in [5, 5.41) is 13.5. The lowest BCUT2D eigenvalue weighted by atomic mass is 9.96. The smallest absolute Gasteiger partial charge is 0.374 e. The fourth-order valence-electron chi connectivity index (χ4n) is 4.75. The first-order valence-electron chi connectivity index (χ1n) is 12.7. The van der Waals surface area contributed by atoms with Gasteiger partial charge in [-0.3, -0.25) is 24.1 Å². The van der Waals surface area contributed by atoms with Crippen LogP contribution in [0.5, 0.6) is 0 Å². The average molecular weight is 560 g/mol. The molecule has 3 amide bonds. The van der Waals surface area contributed by atoms with Crippen molar-refractivity contribution in [2.24, 2.45) is 5.92 Å². The fourth-order valence-corrected chi connectivity index (χ4v) is 5.41. The zero-order valence-electron chi connectivity index (χ0n) is 22.3. The van der Waals surface area contributed by atoms with E-state index in [1.54, 1.807) is 92.0 Å². The van der Waals surface area contributed by atoms with Crippen LogP contribution in [0.25, 0.3) is 5.70 Å². The topological polar surface area (TPSA) is 115 Å². The minimum absolute atomic E-state index is 0.137. The molecule has 40 heavy (non-hydrogen) atoms. The van der Waals surface area contributed by atoms with Crippen molar-refractivity contribution < 1.29 is 29.1 Å². The maximum Gasteiger partial charge on any atom is 0.374 e. The molecule has 2 atom stereocenters. The Morgan fingerprint density at radius 1 is 0.950 bits per heavy atom. The van der Waals surface area contributed by atoms with Gasteiger partial charge < -0.3 is 5.11 Å². The van der Waals surface area contributed by atoms with Gasteiger partial charge in [0.25, 0.3) is 17.6 Å². The Kier molecular flexibility index (Phi) is 8.59. The third kappa shape index (κ3) is 5.72. The highest BCUT2D eigenvalue weighted by atomic mass is 32.1. The van der Waals surface area contributed by atoms with E-state index < -0.39 is 35.7 Å². The molecule has 3 aromatic rings. The van der Waals surface area contributed by atoms with Crippen LogP contribution in [0, 0.1) is 5.92 Å². The average Bonchev–Trinajstić information content (AvgIpc) is 3.48. The Morgan fingerprint density at radius 3 is 2.10 bits per heavy atom. The molecule has 1 unspecified atom stereocenters. The number of benzene rings is 2. The number of amides is 3. The lowest BCUT2D eigenvalue weighted by Crippen LogP contribution is -2.64. The molecule has 9 nitrogen and oxygen atoms in total. The number of carboxylic acid groups (broad SMARTS) is 1. The van der Waals surface area contributed by atoms with Crippen LogP contribution in [0.2, 0.25) is 0 Å². The van der Waals surface area contributed by atoms with Crippen molar-refractivity contribution in [1.29, 1.82) is 0 Å². The first-order valence-corrected chi connectivity index (χ1v) is 13.6. The van der Waals surface area contributed by atoms with Gasteiger partial charge in [-0.15, -0.1) is 11.3 Å². The van der Waals surface area contributed by atoms with Crippen molar-refractivity contribution in [1.82, 2.24) is 14.9 Å². The van der Waals surface area contributed by atoms with Gasteiger partial charge >= 0.3 is 5.97 Å². The molecule has 10 heteroatoms. The van der Waals surface area contributed by atoms with Gasteiger partial charge in [-0.2, -0.15) is 0 Å².